The van der Waals surface area contributed by atoms with Gasteiger partial charge in [-0.2, -0.15) is 0 Å². The summed E-state index contributed by atoms with van der Waals surface area (Å²) in [5.41, 5.74) is 0.916. The first-order valence-electron chi connectivity index (χ1n) is 16.1. The van der Waals surface area contributed by atoms with Crippen molar-refractivity contribution in [1.82, 2.24) is 14.5 Å². The maximum atomic E-state index is 14.1. The van der Waals surface area contributed by atoms with Crippen molar-refractivity contribution in [3.8, 4) is 0 Å². The summed E-state index contributed by atoms with van der Waals surface area (Å²) < 4.78 is 40.8. The lowest BCUT2D eigenvalue weighted by atomic mass is 9.94. The largest absolute Gasteiger partial charge is 0.443 e. The number of thioether (sulfide) groups is 1. The normalized spacial score (nSPS) is 19.2. The van der Waals surface area contributed by atoms with Gasteiger partial charge in [0.1, 0.15) is 16.9 Å². The Morgan fingerprint density at radius 2 is 1.74 bits per heavy atom. The lowest BCUT2D eigenvalue weighted by Gasteiger charge is -2.34. The van der Waals surface area contributed by atoms with Gasteiger partial charge in [0.2, 0.25) is 5.91 Å². The van der Waals surface area contributed by atoms with Gasteiger partial charge in [0, 0.05) is 56.1 Å². The highest BCUT2D eigenvalue weighted by Gasteiger charge is 2.37. The SMILES string of the molecule is CC(C)(C)OC(=O)n1c(C(CC(=O)N2CCOCC2)c2ccc(SCC3CC3)cc2)nc2cc(Cl)c(N3CCC(F)(F)CC3)c(Cl)c21. The number of hydrogen-bond acceptors (Lipinski definition) is 7. The van der Waals surface area contributed by atoms with E-state index < -0.39 is 23.5 Å². The van der Waals surface area contributed by atoms with Gasteiger partial charge in [0.15, 0.2) is 0 Å². The van der Waals surface area contributed by atoms with Crippen molar-refractivity contribution < 1.29 is 27.8 Å². The number of rotatable bonds is 8. The number of carbonyl (C=O) groups is 2. The molecule has 2 aliphatic heterocycles. The van der Waals surface area contributed by atoms with Crippen LogP contribution in [0.3, 0.4) is 0 Å². The second-order valence-electron chi connectivity index (χ2n) is 13.6. The quantitative estimate of drug-likeness (QED) is 0.218. The number of ether oxygens (including phenoxy) is 2. The molecule has 47 heavy (non-hydrogen) atoms. The first-order valence-corrected chi connectivity index (χ1v) is 17.9. The number of anilines is 1. The van der Waals surface area contributed by atoms with E-state index in [2.05, 4.69) is 0 Å². The van der Waals surface area contributed by atoms with Gasteiger partial charge < -0.3 is 19.3 Å². The molecule has 1 unspecified atom stereocenters. The third kappa shape index (κ3) is 8.00. The number of halogens is 4. The van der Waals surface area contributed by atoms with E-state index in [9.17, 15) is 18.4 Å². The molecule has 2 aromatic carbocycles. The molecule has 3 fully saturated rings. The van der Waals surface area contributed by atoms with Gasteiger partial charge in [-0.3, -0.25) is 4.79 Å². The maximum Gasteiger partial charge on any atom is 0.420 e. The summed E-state index contributed by atoms with van der Waals surface area (Å²) in [7, 11) is 0. The van der Waals surface area contributed by atoms with Crippen molar-refractivity contribution in [3.05, 3.63) is 51.8 Å². The molecule has 3 aliphatic rings. The molecule has 2 saturated heterocycles. The molecule has 3 heterocycles. The van der Waals surface area contributed by atoms with E-state index in [1.54, 1.807) is 36.6 Å². The number of carbonyl (C=O) groups excluding carboxylic acids is 2. The summed E-state index contributed by atoms with van der Waals surface area (Å²) in [6, 6.07) is 9.67. The monoisotopic (exact) mass is 708 g/mol. The first kappa shape index (κ1) is 34.3. The second-order valence-corrected chi connectivity index (χ2v) is 15.5. The predicted molar refractivity (Wildman–Crippen MR) is 182 cm³/mol. The Kier molecular flexibility index (Phi) is 10.0. The van der Waals surface area contributed by atoms with E-state index in [0.29, 0.717) is 37.5 Å². The molecule has 3 aromatic rings. The van der Waals surface area contributed by atoms with Crippen LogP contribution >= 0.6 is 35.0 Å². The molecule has 0 radical (unpaired) electrons. The Balaban J connectivity index is 1.47. The first-order chi connectivity index (χ1) is 22.3. The van der Waals surface area contributed by atoms with Crippen LogP contribution < -0.4 is 4.90 Å². The molecule has 1 atom stereocenters. The number of aromatic nitrogens is 2. The highest BCUT2D eigenvalue weighted by molar-refractivity contribution is 7.99. The zero-order valence-corrected chi connectivity index (χ0v) is 29.2. The van der Waals surface area contributed by atoms with Crippen LogP contribution in [0.2, 0.25) is 10.0 Å². The molecule has 0 bridgehead atoms. The Labute approximate surface area is 288 Å². The Bertz CT molecular complexity index is 1630. The number of nitrogens with zero attached hydrogens (tertiary/aromatic N) is 4. The summed E-state index contributed by atoms with van der Waals surface area (Å²) >= 11 is 15.7. The number of alkyl halides is 2. The van der Waals surface area contributed by atoms with Gasteiger partial charge in [-0.25, -0.2) is 23.1 Å². The summed E-state index contributed by atoms with van der Waals surface area (Å²) in [5, 5.41) is 0.360. The minimum atomic E-state index is -2.77. The summed E-state index contributed by atoms with van der Waals surface area (Å²) in [6.07, 6.45) is 1.20. The molecule has 0 spiro atoms. The van der Waals surface area contributed by atoms with Gasteiger partial charge in [0.25, 0.3) is 5.92 Å². The highest BCUT2D eigenvalue weighted by atomic mass is 35.5. The molecular formula is C34H40Cl2F2N4O4S. The van der Waals surface area contributed by atoms with Crippen LogP contribution in [-0.4, -0.2) is 83.1 Å². The number of imidazole rings is 1. The lowest BCUT2D eigenvalue weighted by molar-refractivity contribution is -0.135. The number of fused-ring (bicyclic) bond motifs is 1. The van der Waals surface area contributed by atoms with Crippen LogP contribution in [0.1, 0.15) is 70.2 Å². The van der Waals surface area contributed by atoms with Gasteiger partial charge in [0.05, 0.1) is 40.4 Å². The van der Waals surface area contributed by atoms with Crippen molar-refractivity contribution in [1.29, 1.82) is 0 Å². The van der Waals surface area contributed by atoms with Crippen LogP contribution in [0.4, 0.5) is 19.3 Å². The molecule has 1 aliphatic carbocycles. The summed E-state index contributed by atoms with van der Waals surface area (Å²) in [5.74, 6) is -1.36. The van der Waals surface area contributed by atoms with Crippen molar-refractivity contribution in [2.24, 2.45) is 5.92 Å². The fourth-order valence-corrected chi connectivity index (χ4v) is 7.87. The number of hydrogen-bond donors (Lipinski definition) is 0. The van der Waals surface area contributed by atoms with E-state index in [-0.39, 0.29) is 59.6 Å². The fraction of sp³-hybridized carbons (Fsp3) is 0.559. The van der Waals surface area contributed by atoms with Crippen molar-refractivity contribution in [2.45, 2.75) is 75.2 Å². The zero-order chi connectivity index (χ0) is 33.5. The minimum Gasteiger partial charge on any atom is -0.443 e. The maximum absolute atomic E-state index is 14.1. The molecule has 254 valence electrons. The number of amides is 1. The van der Waals surface area contributed by atoms with Gasteiger partial charge >= 0.3 is 6.09 Å². The third-order valence-electron chi connectivity index (χ3n) is 8.74. The molecule has 0 N–H and O–H groups in total. The molecule has 1 aromatic heterocycles. The van der Waals surface area contributed by atoms with Crippen LogP contribution in [0.25, 0.3) is 11.0 Å². The third-order valence-corrected chi connectivity index (χ3v) is 10.6. The topological polar surface area (TPSA) is 76.9 Å². The fourth-order valence-electron chi connectivity index (χ4n) is 6.02. The van der Waals surface area contributed by atoms with E-state index in [1.807, 2.05) is 36.0 Å². The van der Waals surface area contributed by atoms with Crippen molar-refractivity contribution >= 4 is 63.7 Å². The minimum absolute atomic E-state index is 0.0418. The van der Waals surface area contributed by atoms with Crippen molar-refractivity contribution in [3.63, 3.8) is 0 Å². The average Bonchev–Trinajstić information content (AvgIpc) is 3.77. The number of piperidine rings is 1. The van der Waals surface area contributed by atoms with E-state index in [0.717, 1.165) is 22.1 Å². The zero-order valence-electron chi connectivity index (χ0n) is 26.9. The van der Waals surface area contributed by atoms with E-state index in [1.165, 1.54) is 17.4 Å². The molecule has 1 saturated carbocycles. The Hall–Kier alpha value is -2.60. The predicted octanol–water partition coefficient (Wildman–Crippen LogP) is 8.24. The van der Waals surface area contributed by atoms with Crippen LogP contribution in [0.5, 0.6) is 0 Å². The summed E-state index contributed by atoms with van der Waals surface area (Å²) in [6.45, 7) is 7.25. The lowest BCUT2D eigenvalue weighted by Crippen LogP contribution is -2.41. The molecule has 1 amide bonds. The molecule has 13 heteroatoms. The molecule has 6 rings (SSSR count). The Morgan fingerprint density at radius 3 is 2.36 bits per heavy atom. The Morgan fingerprint density at radius 1 is 1.09 bits per heavy atom. The van der Waals surface area contributed by atoms with E-state index >= 15 is 0 Å². The second kappa shape index (κ2) is 13.7. The van der Waals surface area contributed by atoms with E-state index in [4.69, 9.17) is 37.7 Å². The number of benzene rings is 2. The van der Waals surface area contributed by atoms with Crippen LogP contribution in [0.15, 0.2) is 35.2 Å². The number of morpholine rings is 1. The average molecular weight is 710 g/mol. The molecule has 8 nitrogen and oxygen atoms in total. The molecular weight excluding hydrogens is 669 g/mol. The highest BCUT2D eigenvalue weighted by Crippen LogP contribution is 2.44. The van der Waals surface area contributed by atoms with Gasteiger partial charge in [-0.15, -0.1) is 11.8 Å². The summed E-state index contributed by atoms with van der Waals surface area (Å²) in [4.78, 5) is 37.4. The van der Waals surface area contributed by atoms with Crippen LogP contribution in [0, 0.1) is 5.92 Å². The van der Waals surface area contributed by atoms with Crippen LogP contribution in [-0.2, 0) is 14.3 Å². The smallest absolute Gasteiger partial charge is 0.420 e. The van der Waals surface area contributed by atoms with Crippen molar-refractivity contribution in [2.75, 3.05) is 50.0 Å². The standard InChI is InChI=1S/C34H40Cl2F2N4O4S/c1-33(2,3)46-32(44)42-30-26(19-25(35)29(28(30)36)41-12-10-34(37,38)11-13-41)39-31(42)24(18-27(43)40-14-16-45-17-15-40)22-6-8-23(9-7-22)47-20-21-4-5-21/h6-9,19,21,24H,4-5,10-18,20H2,1-3H3. The van der Waals surface area contributed by atoms with Gasteiger partial charge in [-0.1, -0.05) is 35.3 Å². The van der Waals surface area contributed by atoms with Gasteiger partial charge in [-0.05, 0) is 63.3 Å².